The highest BCUT2D eigenvalue weighted by Gasteiger charge is 2.10. The van der Waals surface area contributed by atoms with Crippen molar-refractivity contribution in [3.05, 3.63) is 35.9 Å². The fraction of sp³-hybridized carbons (Fsp3) is 0.389. The van der Waals surface area contributed by atoms with Crippen molar-refractivity contribution in [2.75, 3.05) is 32.8 Å². The molecule has 11 nitrogen and oxygen atoms in total. The minimum atomic E-state index is -0.772. The van der Waals surface area contributed by atoms with Crippen LogP contribution in [0.3, 0.4) is 0 Å². The zero-order chi connectivity index (χ0) is 21.5. The van der Waals surface area contributed by atoms with E-state index in [1.807, 2.05) is 6.07 Å². The molecular formula is C18H24N4O7. The topological polar surface area (TPSA) is 152 Å². The summed E-state index contributed by atoms with van der Waals surface area (Å²) in [4.78, 5) is 57.2. The minimum absolute atomic E-state index is 0.0644. The molecule has 0 spiro atoms. The smallest absolute Gasteiger partial charge is 0.407 e. The number of carbonyl (C=O) groups is 5. The van der Waals surface area contributed by atoms with Crippen LogP contribution in [0.25, 0.3) is 0 Å². The minimum Gasteiger partial charge on any atom is -0.465 e. The first-order chi connectivity index (χ1) is 13.9. The summed E-state index contributed by atoms with van der Waals surface area (Å²) in [5, 5.41) is 9.06. The second-order valence-electron chi connectivity index (χ2n) is 5.55. The predicted octanol–water partition coefficient (Wildman–Crippen LogP) is -1.18. The summed E-state index contributed by atoms with van der Waals surface area (Å²) in [5.74, 6) is -2.39. The van der Waals surface area contributed by atoms with Gasteiger partial charge in [0.25, 0.3) is 0 Å². The van der Waals surface area contributed by atoms with Gasteiger partial charge in [-0.25, -0.2) is 4.79 Å². The van der Waals surface area contributed by atoms with Gasteiger partial charge in [-0.3, -0.25) is 19.2 Å². The average Bonchev–Trinajstić information content (AvgIpc) is 2.72. The van der Waals surface area contributed by atoms with Crippen LogP contribution in [0.15, 0.2) is 30.3 Å². The van der Waals surface area contributed by atoms with Gasteiger partial charge in [0.2, 0.25) is 17.7 Å². The van der Waals surface area contributed by atoms with Crippen LogP contribution < -0.4 is 21.3 Å². The van der Waals surface area contributed by atoms with Crippen molar-refractivity contribution in [1.29, 1.82) is 0 Å². The molecule has 11 heteroatoms. The van der Waals surface area contributed by atoms with E-state index in [1.165, 1.54) is 0 Å². The molecule has 158 valence electrons. The number of benzene rings is 1. The SMILES string of the molecule is CCOC(=O)CNC(=O)CNC(=O)CNC(=O)CNC(=O)OCc1ccccc1. The van der Waals surface area contributed by atoms with E-state index < -0.39 is 29.8 Å². The van der Waals surface area contributed by atoms with Crippen molar-refractivity contribution in [3.63, 3.8) is 0 Å². The molecule has 0 aliphatic rings. The van der Waals surface area contributed by atoms with Crippen molar-refractivity contribution in [2.24, 2.45) is 0 Å². The van der Waals surface area contributed by atoms with Gasteiger partial charge in [-0.1, -0.05) is 30.3 Å². The molecule has 29 heavy (non-hydrogen) atoms. The molecule has 4 amide bonds. The Hall–Kier alpha value is -3.63. The van der Waals surface area contributed by atoms with E-state index in [9.17, 15) is 24.0 Å². The van der Waals surface area contributed by atoms with Crippen LogP contribution in [0.5, 0.6) is 0 Å². The van der Waals surface area contributed by atoms with Gasteiger partial charge in [-0.15, -0.1) is 0 Å². The van der Waals surface area contributed by atoms with E-state index in [0.717, 1.165) is 5.56 Å². The van der Waals surface area contributed by atoms with Crippen molar-refractivity contribution in [3.8, 4) is 0 Å². The van der Waals surface area contributed by atoms with Crippen LogP contribution in [0, 0.1) is 0 Å². The number of rotatable bonds is 11. The Kier molecular flexibility index (Phi) is 10.9. The molecule has 1 aromatic carbocycles. The molecule has 0 bridgehead atoms. The third-order valence-electron chi connectivity index (χ3n) is 3.23. The van der Waals surface area contributed by atoms with E-state index in [4.69, 9.17) is 4.74 Å². The molecule has 0 heterocycles. The average molecular weight is 408 g/mol. The molecular weight excluding hydrogens is 384 g/mol. The maximum Gasteiger partial charge on any atom is 0.407 e. The molecule has 0 radical (unpaired) electrons. The van der Waals surface area contributed by atoms with Gasteiger partial charge < -0.3 is 30.7 Å². The number of hydrogen-bond acceptors (Lipinski definition) is 7. The van der Waals surface area contributed by atoms with E-state index in [0.29, 0.717) is 0 Å². The van der Waals surface area contributed by atoms with E-state index in [2.05, 4.69) is 26.0 Å². The molecule has 0 atom stereocenters. The van der Waals surface area contributed by atoms with E-state index in [-0.39, 0.29) is 39.4 Å². The van der Waals surface area contributed by atoms with Gasteiger partial charge in [0.15, 0.2) is 0 Å². The normalized spacial score (nSPS) is 9.69. The highest BCUT2D eigenvalue weighted by molar-refractivity contribution is 5.90. The van der Waals surface area contributed by atoms with E-state index >= 15 is 0 Å². The third kappa shape index (κ3) is 11.6. The van der Waals surface area contributed by atoms with Crippen LogP contribution in [0.1, 0.15) is 12.5 Å². The zero-order valence-corrected chi connectivity index (χ0v) is 16.0. The molecule has 0 aliphatic carbocycles. The molecule has 0 saturated heterocycles. The predicted molar refractivity (Wildman–Crippen MR) is 100 cm³/mol. The van der Waals surface area contributed by atoms with Crippen LogP contribution in [-0.2, 0) is 35.3 Å². The van der Waals surface area contributed by atoms with Crippen molar-refractivity contribution in [1.82, 2.24) is 21.3 Å². The lowest BCUT2D eigenvalue weighted by Gasteiger charge is -2.09. The van der Waals surface area contributed by atoms with Crippen molar-refractivity contribution < 1.29 is 33.4 Å². The molecule has 0 saturated carbocycles. The second kappa shape index (κ2) is 13.5. The van der Waals surface area contributed by atoms with Gasteiger partial charge in [0.05, 0.1) is 19.7 Å². The Morgan fingerprint density at radius 1 is 0.724 bits per heavy atom. The molecule has 0 unspecified atom stereocenters. The first-order valence-corrected chi connectivity index (χ1v) is 8.81. The third-order valence-corrected chi connectivity index (χ3v) is 3.23. The van der Waals surface area contributed by atoms with Crippen LogP contribution in [-0.4, -0.2) is 62.6 Å². The highest BCUT2D eigenvalue weighted by Crippen LogP contribution is 2.00. The fourth-order valence-electron chi connectivity index (χ4n) is 1.85. The lowest BCUT2D eigenvalue weighted by Crippen LogP contribution is -2.45. The number of alkyl carbamates (subject to hydrolysis) is 1. The van der Waals surface area contributed by atoms with Crippen molar-refractivity contribution >= 4 is 29.8 Å². The molecule has 0 fully saturated rings. The lowest BCUT2D eigenvalue weighted by molar-refractivity contribution is -0.143. The summed E-state index contributed by atoms with van der Waals surface area (Å²) < 4.78 is 9.57. The molecule has 0 aromatic heterocycles. The van der Waals surface area contributed by atoms with Crippen LogP contribution in [0.4, 0.5) is 4.79 Å². The molecule has 1 aromatic rings. The highest BCUT2D eigenvalue weighted by atomic mass is 16.5. The first kappa shape index (κ1) is 23.4. The fourth-order valence-corrected chi connectivity index (χ4v) is 1.85. The largest absolute Gasteiger partial charge is 0.465 e. The standard InChI is InChI=1S/C18H24N4O7/c1-2-28-17(26)11-21-15(24)9-19-14(23)8-20-16(25)10-22-18(27)29-12-13-6-4-3-5-7-13/h3-7H,2,8-12H2,1H3,(H,19,23)(H,20,25)(H,21,24)(H,22,27). The quantitative estimate of drug-likeness (QED) is 0.337. The summed E-state index contributed by atoms with van der Waals surface area (Å²) in [7, 11) is 0. The first-order valence-electron chi connectivity index (χ1n) is 8.81. The summed E-state index contributed by atoms with van der Waals surface area (Å²) in [5.41, 5.74) is 0.801. The van der Waals surface area contributed by atoms with Gasteiger partial charge in [0.1, 0.15) is 19.7 Å². The molecule has 1 rings (SSSR count). The summed E-state index contributed by atoms with van der Waals surface area (Å²) >= 11 is 0. The van der Waals surface area contributed by atoms with E-state index in [1.54, 1.807) is 31.2 Å². The number of esters is 1. The maximum atomic E-state index is 11.6. The monoisotopic (exact) mass is 408 g/mol. The van der Waals surface area contributed by atoms with Gasteiger partial charge >= 0.3 is 12.1 Å². The Morgan fingerprint density at radius 3 is 1.79 bits per heavy atom. The van der Waals surface area contributed by atoms with Gasteiger partial charge in [0, 0.05) is 0 Å². The number of amides is 4. The Morgan fingerprint density at radius 2 is 1.24 bits per heavy atom. The Bertz CT molecular complexity index is 709. The molecule has 4 N–H and O–H groups in total. The second-order valence-corrected chi connectivity index (χ2v) is 5.55. The summed E-state index contributed by atoms with van der Waals surface area (Å²) in [6, 6.07) is 9.02. The zero-order valence-electron chi connectivity index (χ0n) is 16.0. The number of ether oxygens (including phenoxy) is 2. The Labute approximate surface area is 167 Å². The van der Waals surface area contributed by atoms with Gasteiger partial charge in [-0.05, 0) is 12.5 Å². The van der Waals surface area contributed by atoms with Crippen LogP contribution in [0.2, 0.25) is 0 Å². The lowest BCUT2D eigenvalue weighted by atomic mass is 10.2. The number of carbonyl (C=O) groups excluding carboxylic acids is 5. The van der Waals surface area contributed by atoms with Crippen LogP contribution >= 0.6 is 0 Å². The van der Waals surface area contributed by atoms with Gasteiger partial charge in [-0.2, -0.15) is 0 Å². The summed E-state index contributed by atoms with van der Waals surface area (Å²) in [6.45, 7) is 0.478. The number of hydrogen-bond donors (Lipinski definition) is 4. The Balaban J connectivity index is 2.10. The summed E-state index contributed by atoms with van der Waals surface area (Å²) in [6.07, 6.45) is -0.772. The molecule has 0 aliphatic heterocycles. The number of nitrogens with one attached hydrogen (secondary N) is 4. The van der Waals surface area contributed by atoms with Crippen molar-refractivity contribution in [2.45, 2.75) is 13.5 Å². The maximum absolute atomic E-state index is 11.6.